The van der Waals surface area contributed by atoms with Crippen LogP contribution in [0.25, 0.3) is 0 Å². The van der Waals surface area contributed by atoms with E-state index in [1.54, 1.807) is 0 Å². The van der Waals surface area contributed by atoms with Crippen LogP contribution in [0.2, 0.25) is 0 Å². The molecule has 0 saturated heterocycles. The Morgan fingerprint density at radius 3 is 0.400 bits per heavy atom. The molecule has 0 fully saturated rings. The Labute approximate surface area is 91.0 Å². The van der Waals surface area contributed by atoms with Crippen molar-refractivity contribution in [3.8, 4) is 0 Å². The van der Waals surface area contributed by atoms with Crippen LogP contribution in [0.3, 0.4) is 0 Å². The number of hydrogen-bond acceptors (Lipinski definition) is 0. The molecule has 0 bridgehead atoms. The second kappa shape index (κ2) is 512. The summed E-state index contributed by atoms with van der Waals surface area (Å²) in [6.07, 6.45) is 0. The van der Waals surface area contributed by atoms with E-state index >= 15 is 0 Å². The van der Waals surface area contributed by atoms with Crippen molar-refractivity contribution in [2.45, 2.75) is 0 Å². The topological polar surface area (TPSA) is 189 Å². The van der Waals surface area contributed by atoms with E-state index in [1.165, 1.54) is 0 Å². The Hall–Kier alpha value is 1.32. The van der Waals surface area contributed by atoms with Gasteiger partial charge in [-0.05, 0) is 0 Å². The van der Waals surface area contributed by atoms with E-state index in [2.05, 4.69) is 0 Å². The maximum absolute atomic E-state index is 0. The monoisotopic (exact) mass is 198 g/mol. The van der Waals surface area contributed by atoms with Crippen LogP contribution in [0.5, 0.6) is 0 Å². The summed E-state index contributed by atoms with van der Waals surface area (Å²) in [5, 5.41) is 0. The number of rotatable bonds is 0. The molecule has 0 saturated carbocycles. The van der Waals surface area contributed by atoms with Crippen LogP contribution in [0, 0.1) is 0 Å². The van der Waals surface area contributed by atoms with Gasteiger partial charge in [0.25, 0.3) is 0 Å². The molecule has 10 heavy (non-hydrogen) atoms. The van der Waals surface area contributed by atoms with Gasteiger partial charge in [0.1, 0.15) is 0 Å². The summed E-state index contributed by atoms with van der Waals surface area (Å²) in [7, 11) is 0. The van der Waals surface area contributed by atoms with Crippen molar-refractivity contribution in [2.75, 3.05) is 0 Å². The van der Waals surface area contributed by atoms with Gasteiger partial charge in [0.15, 0.2) is 0 Å². The molecule has 0 heterocycles. The van der Waals surface area contributed by atoms with E-state index in [0.717, 1.165) is 0 Å². The summed E-state index contributed by atoms with van der Waals surface area (Å²) in [6, 6.07) is 0. The second-order valence-corrected chi connectivity index (χ2v) is 0. The van der Waals surface area contributed by atoms with Crippen molar-refractivity contribution >= 4 is 58.2 Å². The zero-order valence-corrected chi connectivity index (χ0v) is 8.73. The first kappa shape index (κ1) is 689. The fourth-order valence-corrected chi connectivity index (χ4v) is 0. The van der Waals surface area contributed by atoms with Crippen molar-refractivity contribution in [1.29, 1.82) is 0 Å². The van der Waals surface area contributed by atoms with Crippen molar-refractivity contribution in [2.24, 2.45) is 0 Å². The molecular weight excluding hydrogens is 186 g/mol. The third-order valence-corrected chi connectivity index (χ3v) is 0. The Morgan fingerprint density at radius 2 is 0.400 bits per heavy atom. The van der Waals surface area contributed by atoms with Gasteiger partial charge in [-0.25, -0.2) is 0 Å². The summed E-state index contributed by atoms with van der Waals surface area (Å²) >= 11 is 0. The van der Waals surface area contributed by atoms with Gasteiger partial charge in [0.05, 0.1) is 0 Å². The molecule has 0 aliphatic rings. The molecule has 0 rings (SSSR count). The summed E-state index contributed by atoms with van der Waals surface area (Å²) in [6.45, 7) is 0. The molecular formula is H12AlLiO6Si2. The summed E-state index contributed by atoms with van der Waals surface area (Å²) in [5.41, 5.74) is 0. The molecule has 10 heteroatoms. The summed E-state index contributed by atoms with van der Waals surface area (Å²) in [4.78, 5) is 0. The molecule has 0 aromatic carbocycles. The van der Waals surface area contributed by atoms with Crippen LogP contribution in [0.1, 0.15) is 0 Å². The van der Waals surface area contributed by atoms with E-state index < -0.39 is 0 Å². The molecule has 0 spiro atoms. The largest absolute Gasteiger partial charge is 0.412 e. The van der Waals surface area contributed by atoms with Crippen LogP contribution in [-0.2, 0) is 0 Å². The van der Waals surface area contributed by atoms with Crippen molar-refractivity contribution < 1.29 is 32.9 Å². The van der Waals surface area contributed by atoms with Crippen LogP contribution < -0.4 is 0 Å². The van der Waals surface area contributed by atoms with E-state index in [0.29, 0.717) is 0 Å². The Kier molecular flexibility index (Phi) is 35300. The van der Waals surface area contributed by atoms with Gasteiger partial charge in [0.2, 0.25) is 0 Å². The third kappa shape index (κ3) is 369. The molecule has 0 amide bonds. The summed E-state index contributed by atoms with van der Waals surface area (Å²) < 4.78 is 0. The van der Waals surface area contributed by atoms with E-state index in [1.807, 2.05) is 0 Å². The van der Waals surface area contributed by atoms with Gasteiger partial charge in [-0.1, -0.05) is 0 Å². The number of hydrogen-bond donors (Lipinski definition) is 0. The zero-order chi connectivity index (χ0) is 0. The quantitative estimate of drug-likeness (QED) is 0.335. The minimum absolute atomic E-state index is 0. The standard InChI is InChI=1S/Al.Li.6H2O.2Si/h;;6*1H2;;. The average molecular weight is 198 g/mol. The van der Waals surface area contributed by atoms with Gasteiger partial charge in [0, 0.05) is 58.2 Å². The summed E-state index contributed by atoms with van der Waals surface area (Å²) in [5.74, 6) is 0. The molecule has 0 aliphatic heterocycles. The van der Waals surface area contributed by atoms with Gasteiger partial charge in [-0.15, -0.1) is 0 Å². The Bertz CT molecular complexity index is 15.7. The van der Waals surface area contributed by atoms with Gasteiger partial charge in [-0.2, -0.15) is 0 Å². The van der Waals surface area contributed by atoms with Crippen LogP contribution in [-0.4, -0.2) is 91.0 Å². The first-order valence-corrected chi connectivity index (χ1v) is 0. The molecule has 0 aromatic rings. The molecule has 0 aliphatic carbocycles. The molecule has 12 N–H and O–H groups in total. The third-order valence-electron chi connectivity index (χ3n) is 0. The molecule has 6 nitrogen and oxygen atoms in total. The molecule has 0 unspecified atom stereocenters. The van der Waals surface area contributed by atoms with Crippen LogP contribution in [0.15, 0.2) is 0 Å². The van der Waals surface area contributed by atoms with E-state index in [4.69, 9.17) is 0 Å². The normalized spacial score (nSPS) is 0. The SMILES string of the molecule is O.O.O.O.O.O.[Al].[Li].[Si].[Si]. The average Bonchev–Trinajstić information content (AvgIpc) is 0. The van der Waals surface area contributed by atoms with Gasteiger partial charge in [-0.3, -0.25) is 0 Å². The van der Waals surface area contributed by atoms with Gasteiger partial charge >= 0.3 is 0 Å². The Balaban J connectivity index is 0. The first-order valence-electron chi connectivity index (χ1n) is 0. The Morgan fingerprint density at radius 1 is 0.400 bits per heavy atom. The zero-order valence-electron chi connectivity index (χ0n) is 5.58. The molecule has 0 atom stereocenters. The van der Waals surface area contributed by atoms with Crippen molar-refractivity contribution in [1.82, 2.24) is 0 Å². The second-order valence-electron chi connectivity index (χ2n) is 0. The van der Waals surface area contributed by atoms with E-state index in [9.17, 15) is 0 Å². The smallest absolute Gasteiger partial charge is 0 e. The molecule has 0 aromatic heterocycles. The minimum Gasteiger partial charge on any atom is -0.412 e. The van der Waals surface area contributed by atoms with Crippen molar-refractivity contribution in [3.63, 3.8) is 0 Å². The van der Waals surface area contributed by atoms with Gasteiger partial charge < -0.3 is 32.9 Å². The fraction of sp³-hybridized carbons (Fsp3) is 0. The molecule has 12 radical (unpaired) electrons. The minimum atomic E-state index is 0. The first-order chi connectivity index (χ1) is 0. The predicted molar refractivity (Wildman–Crippen MR) is 44.7 cm³/mol. The maximum Gasteiger partial charge on any atom is 0 e. The maximum atomic E-state index is 0. The van der Waals surface area contributed by atoms with Crippen LogP contribution >= 0.6 is 0 Å². The van der Waals surface area contributed by atoms with E-state index in [-0.39, 0.29) is 91.0 Å². The predicted octanol–water partition coefficient (Wildman–Crippen LogP) is -6.47. The fourth-order valence-electron chi connectivity index (χ4n) is 0. The molecule has 60 valence electrons. The van der Waals surface area contributed by atoms with Crippen LogP contribution in [0.4, 0.5) is 0 Å². The van der Waals surface area contributed by atoms with Crippen molar-refractivity contribution in [3.05, 3.63) is 0 Å².